The van der Waals surface area contributed by atoms with Crippen molar-refractivity contribution in [3.8, 4) is 5.75 Å². The Kier molecular flexibility index (Phi) is 35.6. The van der Waals surface area contributed by atoms with Crippen LogP contribution in [0.5, 0.6) is 5.75 Å². The fourth-order valence-electron chi connectivity index (χ4n) is 10.8. The minimum absolute atomic E-state index is 0.107. The molecule has 1 saturated heterocycles. The molecular formula is C66H92N12O25. The number of hydrogen-bond donors (Lipinski definition) is 18. The van der Waals surface area contributed by atoms with Crippen LogP contribution in [0.15, 0.2) is 54.6 Å². The first-order valence-electron chi connectivity index (χ1n) is 33.1. The van der Waals surface area contributed by atoms with Crippen LogP contribution in [-0.4, -0.2) is 220 Å². The van der Waals surface area contributed by atoms with Gasteiger partial charge in [-0.3, -0.25) is 81.5 Å². The number of carboxylic acids is 6. The van der Waals surface area contributed by atoms with Crippen molar-refractivity contribution in [3.63, 3.8) is 0 Å². The average molecular weight is 1460 g/mol. The highest BCUT2D eigenvalue weighted by atomic mass is 16.4. The van der Waals surface area contributed by atoms with E-state index >= 15 is 0 Å². The molecule has 1 aliphatic heterocycles. The molecule has 2 aromatic carbocycles. The zero-order valence-electron chi connectivity index (χ0n) is 57.4. The second-order valence-corrected chi connectivity index (χ2v) is 25.2. The molecule has 19 N–H and O–H groups in total. The Bertz CT molecular complexity index is 3370. The summed E-state index contributed by atoms with van der Waals surface area (Å²) in [5.41, 5.74) is 5.91. The van der Waals surface area contributed by atoms with Gasteiger partial charge in [-0.25, -0.2) is 4.79 Å². The van der Waals surface area contributed by atoms with Crippen molar-refractivity contribution in [2.45, 2.75) is 210 Å². The Hall–Kier alpha value is -11.3. The Morgan fingerprint density at radius 2 is 0.835 bits per heavy atom. The highest BCUT2D eigenvalue weighted by Crippen LogP contribution is 2.23. The molecule has 12 atom stereocenters. The summed E-state index contributed by atoms with van der Waals surface area (Å²) < 4.78 is 0. The van der Waals surface area contributed by atoms with Gasteiger partial charge in [-0.05, 0) is 86.5 Å². The molecule has 37 nitrogen and oxygen atoms in total. The van der Waals surface area contributed by atoms with Gasteiger partial charge in [-0.1, -0.05) is 76.6 Å². The fourth-order valence-corrected chi connectivity index (χ4v) is 10.8. The molecule has 103 heavy (non-hydrogen) atoms. The zero-order chi connectivity index (χ0) is 77.4. The van der Waals surface area contributed by atoms with E-state index in [1.807, 2.05) is 0 Å². The Morgan fingerprint density at radius 1 is 0.456 bits per heavy atom. The first-order valence-corrected chi connectivity index (χ1v) is 33.1. The third-order valence-corrected chi connectivity index (χ3v) is 16.4. The van der Waals surface area contributed by atoms with Gasteiger partial charge in [-0.15, -0.1) is 0 Å². The maximum absolute atomic E-state index is 14.8. The summed E-state index contributed by atoms with van der Waals surface area (Å²) in [6, 6.07) is -5.51. The van der Waals surface area contributed by atoms with Crippen LogP contribution in [0.25, 0.3) is 0 Å². The lowest BCUT2D eigenvalue weighted by molar-refractivity contribution is -0.144. The van der Waals surface area contributed by atoms with Crippen LogP contribution in [0, 0.1) is 11.8 Å². The molecule has 0 aliphatic carbocycles. The molecule has 0 radical (unpaired) electrons. The van der Waals surface area contributed by atoms with Gasteiger partial charge < -0.3 is 99.5 Å². The number of carbonyl (C=O) groups is 18. The van der Waals surface area contributed by atoms with Gasteiger partial charge in [-0.2, -0.15) is 0 Å². The van der Waals surface area contributed by atoms with Crippen molar-refractivity contribution < 1.29 is 122 Å². The van der Waals surface area contributed by atoms with E-state index in [1.165, 1.54) is 31.2 Å². The van der Waals surface area contributed by atoms with Crippen LogP contribution in [0.4, 0.5) is 0 Å². The standard InChI is InChI=1S/C66H92N12O25/c1-6-34(4)55(77-59(95)42(22-27-53(88)89)70-56(92)39(19-24-50(82)83)71-61(97)45(30-36-11-8-7-9-12-36)76-63(99)47(32-54(90)91)68-35(5)79)65(101)78-28-10-13-48(78)64(100)72-41(21-26-52(86)87)57(93)69-40(20-25-51(84)85)58(94)75-46(31-37-14-16-38(80)17-15-37)62(98)74-44(29-33(2)3)60(96)73-43(66(102)103)18-23-49(67)81/h7-9,11-12,14-17,33-34,39-48,55,80H,6,10,13,18-32H2,1-5H3,(H2,67,81)(H,68,79)(H,69,93)(H,70,92)(H,71,97)(H,72,100)(H,73,96)(H,74,98)(H,75,94)(H,76,99)(H,77,95)(H,82,83)(H,84,85)(H,86,87)(H,88,89)(H,90,91)(H,102,103)/t34-,39-,40-,41-,42-,43-,44-,45-,46-,47-,48-,55-/m0/s1/i68+1,70+1,71+1,76+1,77+1. The van der Waals surface area contributed by atoms with Crippen molar-refractivity contribution in [3.05, 3.63) is 65.7 Å². The minimum Gasteiger partial charge on any atom is -0.508 e. The van der Waals surface area contributed by atoms with Gasteiger partial charge in [0.15, 0.2) is 0 Å². The van der Waals surface area contributed by atoms with Gasteiger partial charge in [0.25, 0.3) is 0 Å². The zero-order valence-corrected chi connectivity index (χ0v) is 57.4. The third-order valence-electron chi connectivity index (χ3n) is 16.4. The lowest BCUT2D eigenvalue weighted by Gasteiger charge is -2.33. The Labute approximate surface area is 590 Å². The van der Waals surface area contributed by atoms with E-state index in [-0.39, 0.29) is 50.3 Å². The second kappa shape index (κ2) is 42.7. The second-order valence-electron chi connectivity index (χ2n) is 25.2. The summed E-state index contributed by atoms with van der Waals surface area (Å²) in [7, 11) is 0. The van der Waals surface area contributed by atoms with Gasteiger partial charge in [0.2, 0.25) is 70.9 Å². The number of nitrogens with two attached hydrogens (primary N) is 1. The normalized spacial score (nSPS) is 15.7. The number of likely N-dealkylation sites (tertiary alicyclic amines) is 1. The van der Waals surface area contributed by atoms with E-state index in [0.29, 0.717) is 11.1 Å². The summed E-state index contributed by atoms with van der Waals surface area (Å²) in [6.45, 7) is 7.31. The number of nitrogens with zero attached hydrogens (tertiary/aromatic N) is 1. The van der Waals surface area contributed by atoms with Crippen molar-refractivity contribution >= 4 is 107 Å². The minimum atomic E-state index is -1.89. The van der Waals surface area contributed by atoms with Crippen LogP contribution in [0.2, 0.25) is 0 Å². The largest absolute Gasteiger partial charge is 0.508 e. The van der Waals surface area contributed by atoms with Crippen molar-refractivity contribution in [1.29, 1.82) is 0 Å². The van der Waals surface area contributed by atoms with Crippen LogP contribution in [-0.2, 0) is 99.1 Å². The predicted molar refractivity (Wildman–Crippen MR) is 356 cm³/mol. The molecule has 1 aliphatic rings. The molecule has 566 valence electrons. The van der Waals surface area contributed by atoms with Crippen LogP contribution >= 0.6 is 0 Å². The fraction of sp³-hybridized carbons (Fsp3) is 0.545. The molecule has 37 heteroatoms. The number of amides is 12. The molecule has 1 fully saturated rings. The molecule has 0 bridgehead atoms. The number of hydrogen-bond acceptors (Lipinski definition) is 19. The van der Waals surface area contributed by atoms with Gasteiger partial charge in [0.05, 0.1) is 6.42 Å². The molecule has 3 rings (SSSR count). The van der Waals surface area contributed by atoms with E-state index in [2.05, 4.69) is 53.2 Å². The number of nitrogens with one attached hydrogen (secondary N) is 10. The van der Waals surface area contributed by atoms with Crippen molar-refractivity contribution in [2.24, 2.45) is 17.6 Å². The number of phenols is 1. The number of carbonyl (C=O) groups excluding carboxylic acids is 12. The number of rotatable bonds is 46. The maximum Gasteiger partial charge on any atom is 0.326 e. The molecule has 0 aromatic heterocycles. The van der Waals surface area contributed by atoms with E-state index in [9.17, 15) is 122 Å². The number of aliphatic carboxylic acids is 6. The monoisotopic (exact) mass is 1460 g/mol. The summed E-state index contributed by atoms with van der Waals surface area (Å²) in [5.74, 6) is -23.2. The smallest absolute Gasteiger partial charge is 0.326 e. The Morgan fingerprint density at radius 3 is 1.24 bits per heavy atom. The third kappa shape index (κ3) is 31.0. The number of benzene rings is 2. The van der Waals surface area contributed by atoms with Gasteiger partial charge in [0.1, 0.15) is 72.2 Å². The van der Waals surface area contributed by atoms with Gasteiger partial charge >= 0.3 is 35.8 Å². The predicted octanol–water partition coefficient (Wildman–Crippen LogP) is -2.59. The van der Waals surface area contributed by atoms with Crippen molar-refractivity contribution in [2.75, 3.05) is 6.54 Å². The van der Waals surface area contributed by atoms with Gasteiger partial charge in [0, 0.05) is 58.4 Å². The molecular weight excluding hydrogens is 1370 g/mol. The molecule has 0 spiro atoms. The molecule has 12 amide bonds. The Balaban J connectivity index is 1.99. The SMILES string of the molecule is CC[C@H](C)[C@H]([15NH]C(=O)[C@H](CCC(=O)O)[15NH]C(=O)[C@H](CCC(=O)O)[15NH]C(=O)[C@H](Cc1ccccc1)[15NH]C(=O)[C@H](CC(=O)O)[15NH]C(C)=O)C(=O)N1CCC[C@H]1C(=O)N[C@@H](CCC(=O)O)C(=O)N[C@@H](CCC(=O)O)C(=O)N[C@@H](Cc1ccc(O)cc1)C(=O)N[C@@H](CC(C)C)C(=O)N[C@@H](CCC(N)=O)C(=O)O. The van der Waals surface area contributed by atoms with E-state index in [1.54, 1.807) is 51.1 Å². The highest BCUT2D eigenvalue weighted by Gasteiger charge is 2.43. The molecule has 0 saturated carbocycles. The van der Waals surface area contributed by atoms with E-state index < -0.39 is 256 Å². The topological polar surface area (TPSA) is 598 Å². The van der Waals surface area contributed by atoms with Crippen molar-refractivity contribution in [1.82, 2.24) is 58.1 Å². The first-order chi connectivity index (χ1) is 48.4. The lowest BCUT2D eigenvalue weighted by atomic mass is 9.98. The molecule has 0 unspecified atom stereocenters. The summed E-state index contributed by atoms with van der Waals surface area (Å²) >= 11 is 0. The van der Waals surface area contributed by atoms with Crippen LogP contribution in [0.1, 0.15) is 142 Å². The lowest BCUT2D eigenvalue weighted by Crippen LogP contribution is -2.61. The molecule has 1 heterocycles. The number of phenolic OH excluding ortho intramolecular Hbond substituents is 1. The summed E-state index contributed by atoms with van der Waals surface area (Å²) in [5, 5.41) is 91.8. The highest BCUT2D eigenvalue weighted by molar-refractivity contribution is 6.00. The average Bonchev–Trinajstić information content (AvgIpc) is 1.74. The molecule has 2 aromatic rings. The maximum atomic E-state index is 14.8. The van der Waals surface area contributed by atoms with Crippen LogP contribution < -0.4 is 58.9 Å². The van der Waals surface area contributed by atoms with E-state index in [0.717, 1.165) is 11.8 Å². The van der Waals surface area contributed by atoms with Crippen LogP contribution in [0.3, 0.4) is 0 Å². The number of primary amides is 1. The number of carboxylic acid groups (broad SMARTS) is 6. The van der Waals surface area contributed by atoms with E-state index in [4.69, 9.17) is 5.73 Å². The quantitative estimate of drug-likeness (QED) is 0.0303. The summed E-state index contributed by atoms with van der Waals surface area (Å²) in [6.07, 6.45) is -8.40. The summed E-state index contributed by atoms with van der Waals surface area (Å²) in [4.78, 5) is 238. The number of aromatic hydroxyl groups is 1. The first kappa shape index (κ1) is 85.9.